The number of hydrogen-bond donors (Lipinski definition) is 2. The molecule has 0 bridgehead atoms. The van der Waals surface area contributed by atoms with E-state index in [2.05, 4.69) is 34.9 Å². The van der Waals surface area contributed by atoms with Crippen molar-refractivity contribution in [3.63, 3.8) is 0 Å². The summed E-state index contributed by atoms with van der Waals surface area (Å²) in [5.41, 5.74) is 1.97. The van der Waals surface area contributed by atoms with Gasteiger partial charge in [0.1, 0.15) is 18.4 Å². The molecule has 3 aromatic rings. The van der Waals surface area contributed by atoms with Crippen molar-refractivity contribution < 1.29 is 9.53 Å². The van der Waals surface area contributed by atoms with Gasteiger partial charge in [0, 0.05) is 0 Å². The average Bonchev–Trinajstić information content (AvgIpc) is 2.67. The Balaban J connectivity index is 1.51. The largest absolute Gasteiger partial charge is 0.489 e. The lowest BCUT2D eigenvalue weighted by Crippen LogP contribution is -2.46. The first-order valence-electron chi connectivity index (χ1n) is 8.49. The minimum Gasteiger partial charge on any atom is -0.489 e. The minimum atomic E-state index is -0.396. The lowest BCUT2D eigenvalue weighted by Gasteiger charge is -2.28. The Labute approximate surface area is 146 Å². The number of carbonyl (C=O) groups is 1. The van der Waals surface area contributed by atoms with Crippen LogP contribution < -0.4 is 15.4 Å². The van der Waals surface area contributed by atoms with E-state index < -0.39 is 6.04 Å². The number of ether oxygens (including phenoxy) is 1. The molecule has 0 aromatic heterocycles. The SMILES string of the molecule is CC(NC(=O)C1COc2ccccc2N1)c1cccc2ccccc12. The van der Waals surface area contributed by atoms with Gasteiger partial charge in [0.05, 0.1) is 11.7 Å². The van der Waals surface area contributed by atoms with Gasteiger partial charge >= 0.3 is 0 Å². The van der Waals surface area contributed by atoms with Crippen LogP contribution in [0.5, 0.6) is 5.75 Å². The molecule has 1 aliphatic heterocycles. The zero-order valence-electron chi connectivity index (χ0n) is 14.0. The second-order valence-corrected chi connectivity index (χ2v) is 6.30. The van der Waals surface area contributed by atoms with Crippen LogP contribution >= 0.6 is 0 Å². The highest BCUT2D eigenvalue weighted by molar-refractivity contribution is 5.89. The predicted molar refractivity (Wildman–Crippen MR) is 99.9 cm³/mol. The van der Waals surface area contributed by atoms with Crippen molar-refractivity contribution in [2.75, 3.05) is 11.9 Å². The fraction of sp³-hybridized carbons (Fsp3) is 0.190. The lowest BCUT2D eigenvalue weighted by molar-refractivity contribution is -0.123. The Bertz CT molecular complexity index is 917. The topological polar surface area (TPSA) is 50.4 Å². The molecule has 2 N–H and O–H groups in total. The van der Waals surface area contributed by atoms with Gasteiger partial charge in [0.25, 0.3) is 0 Å². The molecule has 25 heavy (non-hydrogen) atoms. The molecular formula is C21H20N2O2. The van der Waals surface area contributed by atoms with Crippen LogP contribution in [0.15, 0.2) is 66.7 Å². The Morgan fingerprint density at radius 1 is 1.08 bits per heavy atom. The third-order valence-electron chi connectivity index (χ3n) is 4.59. The van der Waals surface area contributed by atoms with Crippen LogP contribution in [-0.2, 0) is 4.79 Å². The molecule has 1 aliphatic rings. The average molecular weight is 332 g/mol. The summed E-state index contributed by atoms with van der Waals surface area (Å²) < 4.78 is 5.69. The summed E-state index contributed by atoms with van der Waals surface area (Å²) in [6.07, 6.45) is 0. The molecule has 2 atom stereocenters. The number of anilines is 1. The number of fused-ring (bicyclic) bond motifs is 2. The molecule has 1 amide bonds. The van der Waals surface area contributed by atoms with Crippen molar-refractivity contribution in [1.29, 1.82) is 0 Å². The van der Waals surface area contributed by atoms with Crippen LogP contribution in [-0.4, -0.2) is 18.6 Å². The molecule has 126 valence electrons. The monoisotopic (exact) mass is 332 g/mol. The smallest absolute Gasteiger partial charge is 0.246 e. The Hall–Kier alpha value is -3.01. The number of nitrogens with one attached hydrogen (secondary N) is 2. The summed E-state index contributed by atoms with van der Waals surface area (Å²) in [7, 11) is 0. The quantitative estimate of drug-likeness (QED) is 0.765. The maximum absolute atomic E-state index is 12.7. The van der Waals surface area contributed by atoms with E-state index in [0.29, 0.717) is 6.61 Å². The third-order valence-corrected chi connectivity index (χ3v) is 4.59. The number of benzene rings is 3. The molecule has 4 rings (SSSR count). The van der Waals surface area contributed by atoms with Crippen molar-refractivity contribution in [1.82, 2.24) is 5.32 Å². The van der Waals surface area contributed by atoms with Gasteiger partial charge in [-0.1, -0.05) is 54.6 Å². The molecule has 1 heterocycles. The van der Waals surface area contributed by atoms with Crippen LogP contribution in [0.4, 0.5) is 5.69 Å². The summed E-state index contributed by atoms with van der Waals surface area (Å²) in [5.74, 6) is 0.726. The van der Waals surface area contributed by atoms with E-state index in [0.717, 1.165) is 22.4 Å². The van der Waals surface area contributed by atoms with Crippen molar-refractivity contribution >= 4 is 22.4 Å². The van der Waals surface area contributed by atoms with Gasteiger partial charge in [0.15, 0.2) is 0 Å². The fourth-order valence-corrected chi connectivity index (χ4v) is 3.28. The van der Waals surface area contributed by atoms with E-state index in [1.54, 1.807) is 0 Å². The molecule has 0 fully saturated rings. The molecule has 0 spiro atoms. The van der Waals surface area contributed by atoms with Gasteiger partial charge in [-0.3, -0.25) is 4.79 Å². The highest BCUT2D eigenvalue weighted by Crippen LogP contribution is 2.28. The van der Waals surface area contributed by atoms with Crippen LogP contribution in [0, 0.1) is 0 Å². The number of carbonyl (C=O) groups excluding carboxylic acids is 1. The first-order chi connectivity index (χ1) is 12.2. The van der Waals surface area contributed by atoms with Gasteiger partial charge in [0.2, 0.25) is 5.91 Å². The zero-order valence-corrected chi connectivity index (χ0v) is 14.0. The first kappa shape index (κ1) is 15.5. The molecular weight excluding hydrogens is 312 g/mol. The van der Waals surface area contributed by atoms with Gasteiger partial charge in [-0.25, -0.2) is 0 Å². The van der Waals surface area contributed by atoms with Crippen molar-refractivity contribution in [3.05, 3.63) is 72.3 Å². The molecule has 0 radical (unpaired) electrons. The van der Waals surface area contributed by atoms with Crippen LogP contribution in [0.3, 0.4) is 0 Å². The Morgan fingerprint density at radius 2 is 1.84 bits per heavy atom. The van der Waals surface area contributed by atoms with Gasteiger partial charge in [-0.15, -0.1) is 0 Å². The Morgan fingerprint density at radius 3 is 2.76 bits per heavy atom. The summed E-state index contributed by atoms with van der Waals surface area (Å²) >= 11 is 0. The predicted octanol–water partition coefficient (Wildman–Crippen LogP) is 3.89. The van der Waals surface area contributed by atoms with E-state index in [9.17, 15) is 4.79 Å². The summed E-state index contributed by atoms with van der Waals surface area (Å²) in [6.45, 7) is 2.34. The summed E-state index contributed by atoms with van der Waals surface area (Å²) in [4.78, 5) is 12.7. The van der Waals surface area contributed by atoms with E-state index in [-0.39, 0.29) is 11.9 Å². The number of rotatable bonds is 3. The van der Waals surface area contributed by atoms with Crippen LogP contribution in [0.1, 0.15) is 18.5 Å². The summed E-state index contributed by atoms with van der Waals surface area (Å²) in [5, 5.41) is 8.70. The van der Waals surface area contributed by atoms with Crippen molar-refractivity contribution in [3.8, 4) is 5.75 Å². The molecule has 4 nitrogen and oxygen atoms in total. The molecule has 3 aromatic carbocycles. The minimum absolute atomic E-state index is 0.0602. The molecule has 0 saturated carbocycles. The van der Waals surface area contributed by atoms with E-state index in [1.165, 1.54) is 5.39 Å². The number of para-hydroxylation sites is 2. The maximum atomic E-state index is 12.7. The molecule has 2 unspecified atom stereocenters. The second kappa shape index (κ2) is 6.48. The first-order valence-corrected chi connectivity index (χ1v) is 8.49. The number of amides is 1. The highest BCUT2D eigenvalue weighted by Gasteiger charge is 2.26. The van der Waals surface area contributed by atoms with Gasteiger partial charge in [-0.05, 0) is 35.4 Å². The third kappa shape index (κ3) is 3.03. The summed E-state index contributed by atoms with van der Waals surface area (Å²) in [6, 6.07) is 21.6. The van der Waals surface area contributed by atoms with Crippen molar-refractivity contribution in [2.24, 2.45) is 0 Å². The van der Waals surface area contributed by atoms with Crippen LogP contribution in [0.2, 0.25) is 0 Å². The maximum Gasteiger partial charge on any atom is 0.246 e. The van der Waals surface area contributed by atoms with E-state index in [1.807, 2.05) is 49.4 Å². The number of hydrogen-bond acceptors (Lipinski definition) is 3. The highest BCUT2D eigenvalue weighted by atomic mass is 16.5. The zero-order chi connectivity index (χ0) is 17.2. The van der Waals surface area contributed by atoms with Crippen LogP contribution in [0.25, 0.3) is 10.8 Å². The van der Waals surface area contributed by atoms with E-state index in [4.69, 9.17) is 4.74 Å². The van der Waals surface area contributed by atoms with Crippen molar-refractivity contribution in [2.45, 2.75) is 19.0 Å². The second-order valence-electron chi connectivity index (χ2n) is 6.30. The lowest BCUT2D eigenvalue weighted by atomic mass is 9.99. The molecule has 4 heteroatoms. The van der Waals surface area contributed by atoms with Gasteiger partial charge < -0.3 is 15.4 Å². The molecule has 0 aliphatic carbocycles. The fourth-order valence-electron chi connectivity index (χ4n) is 3.28. The normalized spacial score (nSPS) is 17.1. The Kier molecular flexibility index (Phi) is 4.02. The van der Waals surface area contributed by atoms with Gasteiger partial charge in [-0.2, -0.15) is 0 Å². The van der Waals surface area contributed by atoms with E-state index >= 15 is 0 Å². The molecule has 0 saturated heterocycles. The standard InChI is InChI=1S/C21H20N2O2/c1-14(16-10-6-8-15-7-2-3-9-17(15)16)22-21(24)19-13-25-20-12-5-4-11-18(20)23-19/h2-12,14,19,23H,13H2,1H3,(H,22,24).